The van der Waals surface area contributed by atoms with Crippen LogP contribution in [0, 0.1) is 13.8 Å². The Morgan fingerprint density at radius 1 is 1.03 bits per heavy atom. The molecule has 1 aliphatic rings. The van der Waals surface area contributed by atoms with Crippen molar-refractivity contribution in [2.24, 2.45) is 0 Å². The van der Waals surface area contributed by atoms with E-state index in [1.54, 1.807) is 0 Å². The minimum Gasteiger partial charge on any atom is -0.360 e. The second kappa shape index (κ2) is 10.2. The lowest BCUT2D eigenvalue weighted by atomic mass is 10.1. The summed E-state index contributed by atoms with van der Waals surface area (Å²) < 4.78 is 0. The van der Waals surface area contributed by atoms with E-state index in [-0.39, 0.29) is 5.91 Å². The number of rotatable bonds is 5. The standard InChI is InChI=1S/C22H29N5OS/c1-17-14-18(2)16-19(15-17)23-22(29)25-24-21(28)8-9-26-10-12-27(13-11-26)20-6-4-3-5-7-20/h3-7,14-16H,8-13H2,1-2H3,(H,24,28)(H2,23,25,29)/p+1. The van der Waals surface area contributed by atoms with Crippen LogP contribution in [-0.4, -0.2) is 43.7 Å². The summed E-state index contributed by atoms with van der Waals surface area (Å²) in [5.74, 6) is -0.0486. The number of nitrogens with zero attached hydrogens (tertiary/aromatic N) is 1. The minimum absolute atomic E-state index is 0.0486. The second-order valence-corrected chi connectivity index (χ2v) is 7.98. The lowest BCUT2D eigenvalue weighted by molar-refractivity contribution is -0.900. The van der Waals surface area contributed by atoms with E-state index >= 15 is 0 Å². The van der Waals surface area contributed by atoms with Crippen LogP contribution in [0.2, 0.25) is 0 Å². The fourth-order valence-electron chi connectivity index (χ4n) is 3.66. The van der Waals surface area contributed by atoms with Crippen LogP contribution in [0.5, 0.6) is 0 Å². The molecule has 1 amide bonds. The zero-order valence-electron chi connectivity index (χ0n) is 17.1. The summed E-state index contributed by atoms with van der Waals surface area (Å²) in [4.78, 5) is 16.0. The molecule has 1 fully saturated rings. The van der Waals surface area contributed by atoms with E-state index in [1.807, 2.05) is 32.0 Å². The van der Waals surface area contributed by atoms with Crippen molar-refractivity contribution in [3.05, 3.63) is 59.7 Å². The Kier molecular flexibility index (Phi) is 7.43. The quantitative estimate of drug-likeness (QED) is 0.442. The average molecular weight is 413 g/mol. The van der Waals surface area contributed by atoms with Crippen molar-refractivity contribution in [2.75, 3.05) is 42.9 Å². The first-order valence-electron chi connectivity index (χ1n) is 10.1. The third-order valence-corrected chi connectivity index (χ3v) is 5.30. The first kappa shape index (κ1) is 21.1. The lowest BCUT2D eigenvalue weighted by Crippen LogP contribution is -3.15. The zero-order valence-corrected chi connectivity index (χ0v) is 17.9. The fourth-order valence-corrected chi connectivity index (χ4v) is 3.83. The molecule has 6 nitrogen and oxygen atoms in total. The third-order valence-electron chi connectivity index (χ3n) is 5.09. The molecule has 0 radical (unpaired) electrons. The molecule has 0 atom stereocenters. The summed E-state index contributed by atoms with van der Waals surface area (Å²) in [5, 5.41) is 3.48. The van der Waals surface area contributed by atoms with E-state index in [1.165, 1.54) is 10.6 Å². The normalized spacial score (nSPS) is 14.3. The van der Waals surface area contributed by atoms with Gasteiger partial charge in [0.1, 0.15) is 0 Å². The summed E-state index contributed by atoms with van der Waals surface area (Å²) in [6.07, 6.45) is 0.472. The predicted molar refractivity (Wildman–Crippen MR) is 122 cm³/mol. The number of hydrogen-bond donors (Lipinski definition) is 4. The van der Waals surface area contributed by atoms with Crippen LogP contribution >= 0.6 is 12.2 Å². The van der Waals surface area contributed by atoms with Gasteiger partial charge < -0.3 is 15.1 Å². The highest BCUT2D eigenvalue weighted by molar-refractivity contribution is 7.80. The van der Waals surface area contributed by atoms with Gasteiger partial charge in [-0.1, -0.05) is 24.3 Å². The SMILES string of the molecule is Cc1cc(C)cc(NC(=S)NNC(=O)CC[NH+]2CCN(c3ccccc3)CC2)c1. The number of carbonyl (C=O) groups is 1. The van der Waals surface area contributed by atoms with Crippen LogP contribution in [0.25, 0.3) is 0 Å². The van der Waals surface area contributed by atoms with Gasteiger partial charge in [0.05, 0.1) is 39.1 Å². The van der Waals surface area contributed by atoms with Gasteiger partial charge in [-0.15, -0.1) is 0 Å². The van der Waals surface area contributed by atoms with E-state index in [0.717, 1.165) is 49.5 Å². The molecule has 1 heterocycles. The van der Waals surface area contributed by atoms with Gasteiger partial charge >= 0.3 is 0 Å². The Morgan fingerprint density at radius 2 is 1.69 bits per heavy atom. The van der Waals surface area contributed by atoms with Gasteiger partial charge in [0.15, 0.2) is 5.11 Å². The third kappa shape index (κ3) is 6.73. The minimum atomic E-state index is -0.0486. The molecule has 7 heteroatoms. The number of nitrogens with one attached hydrogen (secondary N) is 4. The molecule has 154 valence electrons. The first-order valence-corrected chi connectivity index (χ1v) is 10.5. The van der Waals surface area contributed by atoms with Crippen molar-refractivity contribution in [1.29, 1.82) is 0 Å². The number of piperazine rings is 1. The van der Waals surface area contributed by atoms with Crippen molar-refractivity contribution in [3.8, 4) is 0 Å². The molecule has 0 aliphatic carbocycles. The van der Waals surface area contributed by atoms with Crippen molar-refractivity contribution in [1.82, 2.24) is 10.9 Å². The molecular weight excluding hydrogens is 382 g/mol. The summed E-state index contributed by atoms with van der Waals surface area (Å²) in [6, 6.07) is 16.6. The molecule has 2 aromatic carbocycles. The number of hydrazine groups is 1. The van der Waals surface area contributed by atoms with Gasteiger partial charge in [-0.05, 0) is 61.5 Å². The summed E-state index contributed by atoms with van der Waals surface area (Å²) in [6.45, 7) is 9.03. The maximum atomic E-state index is 12.2. The van der Waals surface area contributed by atoms with E-state index in [9.17, 15) is 4.79 Å². The number of carbonyl (C=O) groups excluding carboxylic acids is 1. The van der Waals surface area contributed by atoms with Crippen LogP contribution < -0.4 is 26.0 Å². The molecule has 2 aromatic rings. The number of quaternary nitrogens is 1. The monoisotopic (exact) mass is 412 g/mol. The molecular formula is C22H30N5OS+. The average Bonchev–Trinajstić information content (AvgIpc) is 2.71. The molecule has 0 unspecified atom stereocenters. The fraction of sp³-hybridized carbons (Fsp3) is 0.364. The highest BCUT2D eigenvalue weighted by atomic mass is 32.1. The number of thiocarbonyl (C=S) groups is 1. The topological polar surface area (TPSA) is 60.8 Å². The van der Waals surface area contributed by atoms with Gasteiger partial charge in [-0.3, -0.25) is 15.6 Å². The summed E-state index contributed by atoms with van der Waals surface area (Å²) in [5.41, 5.74) is 9.99. The van der Waals surface area contributed by atoms with Crippen LogP contribution in [0.1, 0.15) is 17.5 Å². The molecule has 4 N–H and O–H groups in total. The molecule has 0 bridgehead atoms. The molecule has 1 saturated heterocycles. The van der Waals surface area contributed by atoms with Crippen molar-refractivity contribution < 1.29 is 9.69 Å². The Labute approximate surface area is 178 Å². The Hall–Kier alpha value is -2.64. The van der Waals surface area contributed by atoms with Crippen LogP contribution in [0.4, 0.5) is 11.4 Å². The van der Waals surface area contributed by atoms with Gasteiger partial charge in [0.2, 0.25) is 5.91 Å². The summed E-state index contributed by atoms with van der Waals surface area (Å²) >= 11 is 5.26. The van der Waals surface area contributed by atoms with Crippen molar-refractivity contribution in [2.45, 2.75) is 20.3 Å². The maximum Gasteiger partial charge on any atom is 0.244 e. The Bertz CT molecular complexity index is 814. The zero-order chi connectivity index (χ0) is 20.6. The van der Waals surface area contributed by atoms with Crippen LogP contribution in [0.3, 0.4) is 0 Å². The molecule has 0 saturated carbocycles. The lowest BCUT2D eigenvalue weighted by Gasteiger charge is -2.33. The van der Waals surface area contributed by atoms with Gasteiger partial charge in [0, 0.05) is 11.4 Å². The van der Waals surface area contributed by atoms with E-state index in [4.69, 9.17) is 12.2 Å². The first-order chi connectivity index (χ1) is 14.0. The number of benzene rings is 2. The van der Waals surface area contributed by atoms with Crippen molar-refractivity contribution >= 4 is 34.6 Å². The Balaban J connectivity index is 1.33. The number of para-hydroxylation sites is 1. The van der Waals surface area contributed by atoms with Crippen LogP contribution in [0.15, 0.2) is 48.5 Å². The van der Waals surface area contributed by atoms with Gasteiger partial charge in [0.25, 0.3) is 0 Å². The van der Waals surface area contributed by atoms with E-state index in [2.05, 4.69) is 51.4 Å². The molecule has 3 rings (SSSR count). The Morgan fingerprint density at radius 3 is 2.34 bits per heavy atom. The largest absolute Gasteiger partial charge is 0.360 e. The van der Waals surface area contributed by atoms with Gasteiger partial charge in [-0.2, -0.15) is 0 Å². The van der Waals surface area contributed by atoms with Gasteiger partial charge in [-0.25, -0.2) is 0 Å². The van der Waals surface area contributed by atoms with Crippen LogP contribution in [-0.2, 0) is 4.79 Å². The molecule has 1 aliphatic heterocycles. The van der Waals surface area contributed by atoms with E-state index < -0.39 is 0 Å². The number of hydrogen-bond acceptors (Lipinski definition) is 3. The number of aryl methyl sites for hydroxylation is 2. The predicted octanol–water partition coefficient (Wildman–Crippen LogP) is 1.42. The molecule has 0 spiro atoms. The molecule has 0 aromatic heterocycles. The highest BCUT2D eigenvalue weighted by Crippen LogP contribution is 2.13. The number of anilines is 2. The second-order valence-electron chi connectivity index (χ2n) is 7.58. The number of amides is 1. The maximum absolute atomic E-state index is 12.2. The summed E-state index contributed by atoms with van der Waals surface area (Å²) in [7, 11) is 0. The van der Waals surface area contributed by atoms with Crippen molar-refractivity contribution in [3.63, 3.8) is 0 Å². The smallest absolute Gasteiger partial charge is 0.244 e. The molecule has 29 heavy (non-hydrogen) atoms. The van der Waals surface area contributed by atoms with E-state index in [0.29, 0.717) is 11.5 Å². The highest BCUT2D eigenvalue weighted by Gasteiger charge is 2.20.